The van der Waals surface area contributed by atoms with Crippen LogP contribution in [-0.2, 0) is 10.0 Å². The van der Waals surface area contributed by atoms with E-state index in [2.05, 4.69) is 15.2 Å². The lowest BCUT2D eigenvalue weighted by Crippen LogP contribution is -2.19. The minimum Gasteiger partial charge on any atom is -0.497 e. The van der Waals surface area contributed by atoms with Gasteiger partial charge in [0, 0.05) is 12.1 Å². The number of aromatic nitrogens is 1. The van der Waals surface area contributed by atoms with Crippen molar-refractivity contribution in [3.8, 4) is 17.6 Å². The second-order valence-electron chi connectivity index (χ2n) is 5.95. The van der Waals surface area contributed by atoms with Gasteiger partial charge in [-0.3, -0.25) is 4.79 Å². The predicted octanol–water partition coefficient (Wildman–Crippen LogP) is 3.64. The molecular weight excluding hydrogens is 468 g/mol. The van der Waals surface area contributed by atoms with Crippen LogP contribution >= 0.6 is 22.9 Å². The van der Waals surface area contributed by atoms with Gasteiger partial charge in [-0.25, -0.2) is 13.1 Å². The fourth-order valence-electron chi connectivity index (χ4n) is 2.53. The summed E-state index contributed by atoms with van der Waals surface area (Å²) >= 11 is 6.86. The molecule has 0 atom stereocenters. The van der Waals surface area contributed by atoms with Crippen LogP contribution in [0.4, 0.5) is 11.6 Å². The Morgan fingerprint density at radius 2 is 2.06 bits per heavy atom. The number of amides is 1. The molecule has 0 bridgehead atoms. The molecule has 10 nitrogen and oxygen atoms in total. The third kappa shape index (κ3) is 4.43. The quantitative estimate of drug-likeness (QED) is 0.519. The first-order valence-corrected chi connectivity index (χ1v) is 11.2. The SMILES string of the molecule is COc1cc(C#N)c(NC(=O)c2sccc2S(=O)(=O)Nc2onc(C)c2Cl)c(OC)c1. The summed E-state index contributed by atoms with van der Waals surface area (Å²) in [5.74, 6) is -0.489. The molecule has 0 unspecified atom stereocenters. The van der Waals surface area contributed by atoms with Crippen LogP contribution < -0.4 is 19.5 Å². The molecule has 0 spiro atoms. The van der Waals surface area contributed by atoms with E-state index in [-0.39, 0.29) is 37.7 Å². The number of nitrogens with zero attached hydrogens (tertiary/aromatic N) is 2. The van der Waals surface area contributed by atoms with Crippen molar-refractivity contribution in [2.45, 2.75) is 11.8 Å². The van der Waals surface area contributed by atoms with E-state index in [0.29, 0.717) is 11.4 Å². The first-order chi connectivity index (χ1) is 14.7. The maximum absolute atomic E-state index is 12.9. The van der Waals surface area contributed by atoms with E-state index in [4.69, 9.17) is 25.6 Å². The zero-order valence-corrected chi connectivity index (χ0v) is 18.7. The Kier molecular flexibility index (Phi) is 6.40. The summed E-state index contributed by atoms with van der Waals surface area (Å²) in [5, 5.41) is 17.0. The van der Waals surface area contributed by atoms with Gasteiger partial charge >= 0.3 is 0 Å². The van der Waals surface area contributed by atoms with Gasteiger partial charge < -0.3 is 19.3 Å². The van der Waals surface area contributed by atoms with E-state index in [0.717, 1.165) is 11.3 Å². The molecule has 3 rings (SSSR count). The van der Waals surface area contributed by atoms with Gasteiger partial charge in [-0.1, -0.05) is 16.8 Å². The van der Waals surface area contributed by atoms with E-state index < -0.39 is 15.9 Å². The van der Waals surface area contributed by atoms with Crippen LogP contribution in [0.1, 0.15) is 20.9 Å². The Hall–Kier alpha value is -3.27. The van der Waals surface area contributed by atoms with Crippen LogP contribution in [-0.4, -0.2) is 33.7 Å². The van der Waals surface area contributed by atoms with Crippen molar-refractivity contribution in [1.82, 2.24) is 5.16 Å². The number of rotatable bonds is 7. The van der Waals surface area contributed by atoms with Crippen LogP contribution in [0.15, 0.2) is 33.0 Å². The second-order valence-corrected chi connectivity index (χ2v) is 8.89. The first kappa shape index (κ1) is 22.4. The number of benzene rings is 1. The molecule has 0 aliphatic carbocycles. The summed E-state index contributed by atoms with van der Waals surface area (Å²) in [6.07, 6.45) is 0. The van der Waals surface area contributed by atoms with E-state index in [1.165, 1.54) is 37.8 Å². The number of nitriles is 1. The molecule has 0 saturated carbocycles. The van der Waals surface area contributed by atoms with Gasteiger partial charge in [0.15, 0.2) is 0 Å². The number of methoxy groups -OCH3 is 2. The van der Waals surface area contributed by atoms with Gasteiger partial charge in [0.25, 0.3) is 21.8 Å². The summed E-state index contributed by atoms with van der Waals surface area (Å²) in [5.41, 5.74) is 0.459. The lowest BCUT2D eigenvalue weighted by atomic mass is 10.1. The average Bonchev–Trinajstić information content (AvgIpc) is 3.37. The molecule has 2 heterocycles. The van der Waals surface area contributed by atoms with Crippen molar-refractivity contribution in [2.24, 2.45) is 0 Å². The predicted molar refractivity (Wildman–Crippen MR) is 114 cm³/mol. The summed E-state index contributed by atoms with van der Waals surface area (Å²) < 4.78 is 43.0. The molecule has 0 aliphatic heterocycles. The number of ether oxygens (including phenoxy) is 2. The molecule has 0 fully saturated rings. The number of sulfonamides is 1. The number of hydrogen-bond donors (Lipinski definition) is 2. The van der Waals surface area contributed by atoms with E-state index >= 15 is 0 Å². The Morgan fingerprint density at radius 1 is 1.32 bits per heavy atom. The summed E-state index contributed by atoms with van der Waals surface area (Å²) in [6, 6.07) is 6.11. The van der Waals surface area contributed by atoms with Crippen molar-refractivity contribution in [2.75, 3.05) is 24.3 Å². The van der Waals surface area contributed by atoms with Crippen LogP contribution in [0, 0.1) is 18.3 Å². The topological polar surface area (TPSA) is 144 Å². The lowest BCUT2D eigenvalue weighted by molar-refractivity contribution is 0.102. The number of halogens is 1. The fourth-order valence-corrected chi connectivity index (χ4v) is 5.02. The third-order valence-corrected chi connectivity index (χ3v) is 6.89. The van der Waals surface area contributed by atoms with Crippen LogP contribution in [0.2, 0.25) is 5.02 Å². The molecular formula is C18H15ClN4O6S2. The summed E-state index contributed by atoms with van der Waals surface area (Å²) in [4.78, 5) is 12.5. The van der Waals surface area contributed by atoms with E-state index in [1.807, 2.05) is 6.07 Å². The Labute approximate surface area is 186 Å². The molecule has 13 heteroatoms. The Bertz CT molecular complexity index is 1290. The largest absolute Gasteiger partial charge is 0.497 e. The summed E-state index contributed by atoms with van der Waals surface area (Å²) in [6.45, 7) is 1.54. The highest BCUT2D eigenvalue weighted by Crippen LogP contribution is 2.35. The van der Waals surface area contributed by atoms with Crippen molar-refractivity contribution in [3.05, 3.63) is 44.7 Å². The van der Waals surface area contributed by atoms with Crippen LogP contribution in [0.3, 0.4) is 0 Å². The molecule has 0 aliphatic rings. The van der Waals surface area contributed by atoms with Gasteiger partial charge in [0.1, 0.15) is 43.7 Å². The molecule has 0 saturated heterocycles. The number of hydrogen-bond acceptors (Lipinski definition) is 9. The number of carbonyl (C=O) groups is 1. The molecule has 2 N–H and O–H groups in total. The lowest BCUT2D eigenvalue weighted by Gasteiger charge is -2.14. The number of carbonyl (C=O) groups excluding carboxylic acids is 1. The van der Waals surface area contributed by atoms with Gasteiger partial charge in [-0.2, -0.15) is 5.26 Å². The Morgan fingerprint density at radius 3 is 2.65 bits per heavy atom. The van der Waals surface area contributed by atoms with E-state index in [1.54, 1.807) is 6.92 Å². The monoisotopic (exact) mass is 482 g/mol. The molecule has 31 heavy (non-hydrogen) atoms. The number of thiophene rings is 1. The summed E-state index contributed by atoms with van der Waals surface area (Å²) in [7, 11) is -1.44. The smallest absolute Gasteiger partial charge is 0.267 e. The third-order valence-electron chi connectivity index (χ3n) is 4.03. The van der Waals surface area contributed by atoms with Gasteiger partial charge in [0.05, 0.1) is 19.8 Å². The zero-order valence-electron chi connectivity index (χ0n) is 16.3. The Balaban J connectivity index is 1.95. The minimum atomic E-state index is -4.22. The standard InChI is InChI=1S/C18H15ClN4O6S2/c1-9-14(19)18(29-22-9)23-31(25,26)13-4-5-30-16(13)17(24)21-15-10(8-20)6-11(27-2)7-12(15)28-3/h4-7,23H,1-3H3,(H,21,24). The van der Waals surface area contributed by atoms with Crippen molar-refractivity contribution in [1.29, 1.82) is 5.26 Å². The van der Waals surface area contributed by atoms with Crippen molar-refractivity contribution < 1.29 is 27.2 Å². The number of aryl methyl sites for hydroxylation is 1. The van der Waals surface area contributed by atoms with E-state index in [9.17, 15) is 18.5 Å². The molecule has 1 amide bonds. The normalized spacial score (nSPS) is 10.9. The molecule has 3 aromatic rings. The number of anilines is 2. The minimum absolute atomic E-state index is 0.00596. The highest BCUT2D eigenvalue weighted by atomic mass is 35.5. The second kappa shape index (κ2) is 8.84. The zero-order chi connectivity index (χ0) is 22.8. The van der Waals surface area contributed by atoms with Gasteiger partial charge in [-0.15, -0.1) is 11.3 Å². The molecule has 162 valence electrons. The fraction of sp³-hybridized carbons (Fsp3) is 0.167. The number of nitrogens with one attached hydrogen (secondary N) is 2. The maximum atomic E-state index is 12.9. The maximum Gasteiger partial charge on any atom is 0.267 e. The average molecular weight is 483 g/mol. The van der Waals surface area contributed by atoms with Crippen LogP contribution in [0.25, 0.3) is 0 Å². The van der Waals surface area contributed by atoms with Crippen LogP contribution in [0.5, 0.6) is 11.5 Å². The first-order valence-electron chi connectivity index (χ1n) is 8.41. The van der Waals surface area contributed by atoms with Crippen molar-refractivity contribution in [3.63, 3.8) is 0 Å². The molecule has 0 radical (unpaired) electrons. The van der Waals surface area contributed by atoms with Gasteiger partial charge in [0.2, 0.25) is 0 Å². The van der Waals surface area contributed by atoms with Crippen molar-refractivity contribution >= 4 is 50.4 Å². The highest BCUT2D eigenvalue weighted by molar-refractivity contribution is 7.93. The molecule has 2 aromatic heterocycles. The molecule has 1 aromatic carbocycles. The highest BCUT2D eigenvalue weighted by Gasteiger charge is 2.28. The van der Waals surface area contributed by atoms with Gasteiger partial charge in [-0.05, 0) is 18.4 Å².